The molecule has 0 bridgehead atoms. The number of rotatable bonds is 0. The first-order valence-electron chi connectivity index (χ1n) is 2.96. The van der Waals surface area contributed by atoms with Crippen molar-refractivity contribution >= 4 is 5.78 Å². The van der Waals surface area contributed by atoms with E-state index in [1.54, 1.807) is 0 Å². The van der Waals surface area contributed by atoms with Crippen LogP contribution in [0.2, 0.25) is 0 Å². The van der Waals surface area contributed by atoms with Gasteiger partial charge in [0.2, 0.25) is 23.0 Å². The third-order valence-electron chi connectivity index (χ3n) is 1.10. The molecular formula is C8H4FeO8. The predicted octanol–water partition coefficient (Wildman–Crippen LogP) is 0.109. The van der Waals surface area contributed by atoms with Crippen molar-refractivity contribution in [2.24, 2.45) is 0 Å². The molecule has 0 aromatic heterocycles. The van der Waals surface area contributed by atoms with Crippen molar-refractivity contribution < 1.29 is 56.2 Å². The summed E-state index contributed by atoms with van der Waals surface area (Å²) in [6.45, 7) is 13.5. The Morgan fingerprint density at radius 3 is 0.882 bits per heavy atom. The van der Waals surface area contributed by atoms with E-state index in [9.17, 15) is 4.79 Å². The van der Waals surface area contributed by atoms with Gasteiger partial charge < -0.3 is 20.4 Å². The van der Waals surface area contributed by atoms with Crippen LogP contribution < -0.4 is 0 Å². The maximum atomic E-state index is 10.4. The normalized spacial score (nSPS) is 11.5. The molecule has 0 saturated carbocycles. The molecule has 0 amide bonds. The minimum absolute atomic E-state index is 0. The number of carbonyl (C=O) groups is 1. The molecule has 0 atom stereocenters. The predicted molar refractivity (Wildman–Crippen MR) is 41.4 cm³/mol. The zero-order valence-corrected chi connectivity index (χ0v) is 8.88. The fraction of sp³-hybridized carbons (Fsp3) is 0. The van der Waals surface area contributed by atoms with Crippen LogP contribution in [0.3, 0.4) is 0 Å². The first-order chi connectivity index (χ1) is 7.55. The summed E-state index contributed by atoms with van der Waals surface area (Å²) in [6.07, 6.45) is 0. The van der Waals surface area contributed by atoms with E-state index in [-0.39, 0.29) is 17.1 Å². The van der Waals surface area contributed by atoms with Crippen molar-refractivity contribution in [2.45, 2.75) is 0 Å². The van der Waals surface area contributed by atoms with Crippen LogP contribution in [0, 0.1) is 20.0 Å². The molecular weight excluding hydrogens is 280 g/mol. The molecule has 4 N–H and O–H groups in total. The van der Waals surface area contributed by atoms with Crippen LogP contribution in [0.1, 0.15) is 0 Å². The molecule has 9 heteroatoms. The van der Waals surface area contributed by atoms with Gasteiger partial charge in [0.25, 0.3) is 5.78 Å². The SMILES string of the molecule is O=C1C(O)=C(O)C(O)=C1O.[C-]#[O+].[C-]#[O+].[C-]#[O+].[Fe]. The number of aliphatic hydroxyl groups excluding tert-OH is 4. The van der Waals surface area contributed by atoms with Crippen molar-refractivity contribution in [1.29, 1.82) is 0 Å². The molecule has 0 radical (unpaired) electrons. The van der Waals surface area contributed by atoms with E-state index in [1.165, 1.54) is 0 Å². The van der Waals surface area contributed by atoms with Crippen LogP contribution in [-0.2, 0) is 35.8 Å². The van der Waals surface area contributed by atoms with E-state index in [2.05, 4.69) is 20.0 Å². The quantitative estimate of drug-likeness (QED) is 0.282. The Kier molecular flexibility index (Phi) is 20.2. The zero-order chi connectivity index (χ0) is 13.9. The van der Waals surface area contributed by atoms with Crippen molar-refractivity contribution in [2.75, 3.05) is 0 Å². The van der Waals surface area contributed by atoms with Crippen LogP contribution in [-0.4, -0.2) is 26.2 Å². The molecule has 8 nitrogen and oxygen atoms in total. The third-order valence-corrected chi connectivity index (χ3v) is 1.10. The molecule has 0 fully saturated rings. The van der Waals surface area contributed by atoms with Gasteiger partial charge in [-0.3, -0.25) is 4.79 Å². The Hall–Kier alpha value is -1.91. The minimum Gasteiger partial charge on any atom is 0 e. The van der Waals surface area contributed by atoms with E-state index in [0.717, 1.165) is 0 Å². The number of hydrogen-bond donors (Lipinski definition) is 4. The second-order valence-electron chi connectivity index (χ2n) is 1.72. The molecule has 1 aliphatic rings. The van der Waals surface area contributed by atoms with E-state index >= 15 is 0 Å². The van der Waals surface area contributed by atoms with Crippen molar-refractivity contribution in [3.05, 3.63) is 43.0 Å². The Balaban J connectivity index is -0.000000106. The summed E-state index contributed by atoms with van der Waals surface area (Å²) in [5.74, 6) is -5.20. The van der Waals surface area contributed by atoms with Crippen molar-refractivity contribution in [1.82, 2.24) is 0 Å². The third kappa shape index (κ3) is 6.29. The van der Waals surface area contributed by atoms with Gasteiger partial charge in [0.15, 0.2) is 0 Å². The smallest absolute Gasteiger partial charge is 0 e. The van der Waals surface area contributed by atoms with Crippen molar-refractivity contribution in [3.63, 3.8) is 0 Å². The van der Waals surface area contributed by atoms with Gasteiger partial charge in [-0.15, -0.1) is 0 Å². The fourth-order valence-corrected chi connectivity index (χ4v) is 0.552. The van der Waals surface area contributed by atoms with Crippen LogP contribution in [0.15, 0.2) is 23.0 Å². The molecule has 0 heterocycles. The molecule has 0 spiro atoms. The number of ketones is 1. The summed E-state index contributed by atoms with van der Waals surface area (Å²) in [4.78, 5) is 10.4. The largest absolute Gasteiger partial charge is 0 e. The molecule has 92 valence electrons. The number of hydrogen-bond acceptors (Lipinski definition) is 5. The first-order valence-corrected chi connectivity index (χ1v) is 2.96. The second kappa shape index (κ2) is 14.1. The van der Waals surface area contributed by atoms with Crippen LogP contribution in [0.25, 0.3) is 0 Å². The van der Waals surface area contributed by atoms with Crippen LogP contribution >= 0.6 is 0 Å². The number of carbonyl (C=O) groups excluding carboxylic acids is 1. The van der Waals surface area contributed by atoms with Gasteiger partial charge in [-0.25, -0.2) is 0 Å². The summed E-state index contributed by atoms with van der Waals surface area (Å²) in [7, 11) is 0. The summed E-state index contributed by atoms with van der Waals surface area (Å²) < 4.78 is 22.5. The Bertz CT molecular complexity index is 332. The molecule has 0 aromatic carbocycles. The summed E-state index contributed by atoms with van der Waals surface area (Å²) in [5.41, 5.74) is 0. The molecule has 1 aliphatic carbocycles. The van der Waals surface area contributed by atoms with Crippen LogP contribution in [0.4, 0.5) is 0 Å². The number of aliphatic hydroxyl groups is 4. The average Bonchev–Trinajstić information content (AvgIpc) is 2.55. The Morgan fingerprint density at radius 1 is 0.647 bits per heavy atom. The van der Waals surface area contributed by atoms with Crippen LogP contribution in [0.5, 0.6) is 0 Å². The maximum Gasteiger partial charge on any atom is 0 e. The molecule has 1 rings (SSSR count). The molecule has 0 saturated heterocycles. The van der Waals surface area contributed by atoms with Gasteiger partial charge in [0, 0.05) is 17.1 Å². The van der Waals surface area contributed by atoms with Gasteiger partial charge >= 0.3 is 33.9 Å². The first kappa shape index (κ1) is 24.4. The number of Topliss-reactive ketones (excluding diaryl/α,β-unsaturated/α-hetero) is 1. The van der Waals surface area contributed by atoms with E-state index in [4.69, 9.17) is 34.4 Å². The van der Waals surface area contributed by atoms with Gasteiger partial charge in [-0.1, -0.05) is 0 Å². The summed E-state index contributed by atoms with van der Waals surface area (Å²) >= 11 is 0. The molecule has 0 unspecified atom stereocenters. The topological polar surface area (TPSA) is 158 Å². The van der Waals surface area contributed by atoms with Crippen molar-refractivity contribution in [3.8, 4) is 0 Å². The van der Waals surface area contributed by atoms with E-state index < -0.39 is 28.8 Å². The van der Waals surface area contributed by atoms with Gasteiger partial charge in [-0.2, -0.15) is 0 Å². The van der Waals surface area contributed by atoms with E-state index in [0.29, 0.717) is 0 Å². The monoisotopic (exact) mass is 284 g/mol. The Labute approximate surface area is 106 Å². The second-order valence-corrected chi connectivity index (χ2v) is 1.72. The van der Waals surface area contributed by atoms with Gasteiger partial charge in [0.05, 0.1) is 0 Å². The molecule has 17 heavy (non-hydrogen) atoms. The standard InChI is InChI=1S/C5H4O5.3CO.Fe/c6-1-2(7)4(9)5(10)3(1)8;3*1-2;/h(H4,6,7,8,9,10);;;;. The van der Waals surface area contributed by atoms with E-state index in [1.807, 2.05) is 0 Å². The molecule has 0 aliphatic heterocycles. The van der Waals surface area contributed by atoms with Gasteiger partial charge in [0.1, 0.15) is 0 Å². The average molecular weight is 284 g/mol. The maximum absolute atomic E-state index is 10.4. The zero-order valence-electron chi connectivity index (χ0n) is 7.78. The fourth-order valence-electron chi connectivity index (χ4n) is 0.552. The Morgan fingerprint density at radius 2 is 0.824 bits per heavy atom. The summed E-state index contributed by atoms with van der Waals surface area (Å²) in [5, 5.41) is 34.1. The molecule has 0 aromatic rings. The van der Waals surface area contributed by atoms with Gasteiger partial charge in [-0.05, 0) is 0 Å². The summed E-state index contributed by atoms with van der Waals surface area (Å²) in [6, 6.07) is 0. The minimum atomic E-state index is -1.17.